The minimum Gasteiger partial charge on any atom is -0.438 e. The zero-order valence-corrected chi connectivity index (χ0v) is 12.0. The Hall–Kier alpha value is -0.770. The number of benzene rings is 1. The Labute approximate surface area is 118 Å². The van der Waals surface area contributed by atoms with Crippen LogP contribution in [0.5, 0.6) is 11.6 Å². The van der Waals surface area contributed by atoms with E-state index in [4.69, 9.17) is 27.9 Å². The molecule has 1 heterocycles. The maximum Gasteiger partial charge on any atom is 0.238 e. The molecule has 1 aromatic heterocycles. The molecule has 2 aromatic rings. The quantitative estimate of drug-likeness (QED) is 0.749. The van der Waals surface area contributed by atoms with E-state index in [0.29, 0.717) is 21.7 Å². The van der Waals surface area contributed by atoms with Gasteiger partial charge in [0.25, 0.3) is 0 Å². The maximum absolute atomic E-state index is 5.97. The van der Waals surface area contributed by atoms with Crippen molar-refractivity contribution in [3.63, 3.8) is 0 Å². The molecule has 0 N–H and O–H groups in total. The Morgan fingerprint density at radius 2 is 2.00 bits per heavy atom. The molecule has 0 spiro atoms. The molecule has 0 bridgehead atoms. The van der Waals surface area contributed by atoms with E-state index in [2.05, 4.69) is 20.9 Å². The molecule has 0 aliphatic heterocycles. The minimum absolute atomic E-state index is 0.345. The molecule has 0 saturated carbocycles. The van der Waals surface area contributed by atoms with Gasteiger partial charge in [0, 0.05) is 10.7 Å². The normalized spacial score (nSPS) is 10.4. The number of pyridine rings is 1. The SMILES string of the molecule is Cc1cc(Oc2ncc(Cl)cc2Cl)ccc1Br. The molecule has 2 nitrogen and oxygen atoms in total. The topological polar surface area (TPSA) is 22.1 Å². The van der Waals surface area contributed by atoms with Gasteiger partial charge in [0.15, 0.2) is 0 Å². The molecule has 0 radical (unpaired) electrons. The Morgan fingerprint density at radius 1 is 1.24 bits per heavy atom. The van der Waals surface area contributed by atoms with Gasteiger partial charge in [-0.15, -0.1) is 0 Å². The molecular weight excluding hydrogens is 325 g/mol. The monoisotopic (exact) mass is 331 g/mol. The van der Waals surface area contributed by atoms with Crippen LogP contribution in [0.1, 0.15) is 5.56 Å². The highest BCUT2D eigenvalue weighted by Crippen LogP contribution is 2.30. The fraction of sp³-hybridized carbons (Fsp3) is 0.0833. The summed E-state index contributed by atoms with van der Waals surface area (Å²) in [5.41, 5.74) is 1.08. The molecular formula is C12H8BrCl2NO. The van der Waals surface area contributed by atoms with Crippen molar-refractivity contribution in [2.75, 3.05) is 0 Å². The van der Waals surface area contributed by atoms with Crippen molar-refractivity contribution >= 4 is 39.1 Å². The molecule has 0 aliphatic carbocycles. The molecule has 0 saturated heterocycles. The zero-order chi connectivity index (χ0) is 12.4. The summed E-state index contributed by atoms with van der Waals surface area (Å²) in [7, 11) is 0. The highest BCUT2D eigenvalue weighted by atomic mass is 79.9. The Balaban J connectivity index is 2.28. The van der Waals surface area contributed by atoms with Crippen molar-refractivity contribution in [2.45, 2.75) is 6.92 Å². The van der Waals surface area contributed by atoms with Crippen LogP contribution in [0.4, 0.5) is 0 Å². The van der Waals surface area contributed by atoms with Gasteiger partial charge in [-0.25, -0.2) is 4.98 Å². The van der Waals surface area contributed by atoms with E-state index >= 15 is 0 Å². The predicted octanol–water partition coefficient (Wildman–Crippen LogP) is 5.25. The highest BCUT2D eigenvalue weighted by Gasteiger charge is 2.06. The smallest absolute Gasteiger partial charge is 0.238 e. The number of aromatic nitrogens is 1. The summed E-state index contributed by atoms with van der Waals surface area (Å²) in [6, 6.07) is 7.24. The maximum atomic E-state index is 5.97. The number of rotatable bonds is 2. The van der Waals surface area contributed by atoms with Gasteiger partial charge in [-0.05, 0) is 36.8 Å². The Morgan fingerprint density at radius 3 is 2.65 bits per heavy atom. The van der Waals surface area contributed by atoms with E-state index in [9.17, 15) is 0 Å². The van der Waals surface area contributed by atoms with Crippen molar-refractivity contribution in [3.8, 4) is 11.6 Å². The lowest BCUT2D eigenvalue weighted by molar-refractivity contribution is 0.463. The number of hydrogen-bond acceptors (Lipinski definition) is 2. The number of halogens is 3. The predicted molar refractivity (Wildman–Crippen MR) is 73.2 cm³/mol. The first-order valence-electron chi connectivity index (χ1n) is 4.81. The molecule has 0 aliphatic rings. The van der Waals surface area contributed by atoms with Gasteiger partial charge in [-0.3, -0.25) is 0 Å². The molecule has 2 rings (SSSR count). The standard InChI is InChI=1S/C12H8BrCl2NO/c1-7-4-9(2-3-10(7)13)17-12-11(15)5-8(14)6-16-12/h2-6H,1H3. The lowest BCUT2D eigenvalue weighted by Crippen LogP contribution is -1.89. The summed E-state index contributed by atoms with van der Waals surface area (Å²) in [5, 5.41) is 0.868. The third-order valence-corrected chi connectivity index (χ3v) is 3.49. The minimum atomic E-state index is 0.345. The molecule has 88 valence electrons. The van der Waals surface area contributed by atoms with Crippen LogP contribution in [0, 0.1) is 6.92 Å². The van der Waals surface area contributed by atoms with Crippen molar-refractivity contribution in [3.05, 3.63) is 50.5 Å². The highest BCUT2D eigenvalue weighted by molar-refractivity contribution is 9.10. The van der Waals surface area contributed by atoms with E-state index in [1.807, 2.05) is 25.1 Å². The van der Waals surface area contributed by atoms with Gasteiger partial charge in [-0.1, -0.05) is 39.1 Å². The molecule has 0 unspecified atom stereocenters. The van der Waals surface area contributed by atoms with Crippen LogP contribution in [0.15, 0.2) is 34.9 Å². The Bertz CT molecular complexity index is 560. The Kier molecular flexibility index (Phi) is 3.92. The molecule has 0 fully saturated rings. The summed E-state index contributed by atoms with van der Waals surface area (Å²) in [4.78, 5) is 4.03. The van der Waals surface area contributed by atoms with Gasteiger partial charge >= 0.3 is 0 Å². The summed E-state index contributed by atoms with van der Waals surface area (Å²) in [6.45, 7) is 1.98. The average molecular weight is 333 g/mol. The van der Waals surface area contributed by atoms with Crippen LogP contribution < -0.4 is 4.74 Å². The third kappa shape index (κ3) is 3.12. The van der Waals surface area contributed by atoms with E-state index in [-0.39, 0.29) is 0 Å². The molecule has 0 atom stereocenters. The van der Waals surface area contributed by atoms with Gasteiger partial charge in [0.05, 0.1) is 5.02 Å². The first-order chi connectivity index (χ1) is 8.06. The largest absolute Gasteiger partial charge is 0.438 e. The fourth-order valence-electron chi connectivity index (χ4n) is 1.27. The fourth-order valence-corrected chi connectivity index (χ4v) is 1.93. The van der Waals surface area contributed by atoms with Gasteiger partial charge < -0.3 is 4.74 Å². The van der Waals surface area contributed by atoms with Crippen molar-refractivity contribution < 1.29 is 4.74 Å². The molecule has 1 aromatic carbocycles. The van der Waals surface area contributed by atoms with Crippen LogP contribution >= 0.6 is 39.1 Å². The van der Waals surface area contributed by atoms with Crippen LogP contribution in [0.25, 0.3) is 0 Å². The van der Waals surface area contributed by atoms with Crippen LogP contribution in [-0.4, -0.2) is 4.98 Å². The molecule has 17 heavy (non-hydrogen) atoms. The van der Waals surface area contributed by atoms with Crippen LogP contribution in [0.3, 0.4) is 0 Å². The van der Waals surface area contributed by atoms with Crippen molar-refractivity contribution in [1.29, 1.82) is 0 Å². The number of aryl methyl sites for hydroxylation is 1. The summed E-state index contributed by atoms with van der Waals surface area (Å²) in [5.74, 6) is 1.03. The second kappa shape index (κ2) is 5.25. The van der Waals surface area contributed by atoms with Gasteiger partial charge in [0.2, 0.25) is 5.88 Å². The molecule has 5 heteroatoms. The number of nitrogens with zero attached hydrogens (tertiary/aromatic N) is 1. The van der Waals surface area contributed by atoms with E-state index in [1.54, 1.807) is 6.07 Å². The first-order valence-corrected chi connectivity index (χ1v) is 6.36. The van der Waals surface area contributed by atoms with Gasteiger partial charge in [0.1, 0.15) is 10.8 Å². The van der Waals surface area contributed by atoms with Crippen molar-refractivity contribution in [2.24, 2.45) is 0 Å². The average Bonchev–Trinajstić information content (AvgIpc) is 2.27. The summed E-state index contributed by atoms with van der Waals surface area (Å²) < 4.78 is 6.61. The van der Waals surface area contributed by atoms with Crippen LogP contribution in [-0.2, 0) is 0 Å². The second-order valence-corrected chi connectivity index (χ2v) is 5.15. The molecule has 0 amide bonds. The van der Waals surface area contributed by atoms with Crippen LogP contribution in [0.2, 0.25) is 10.0 Å². The van der Waals surface area contributed by atoms with E-state index in [0.717, 1.165) is 10.0 Å². The number of ether oxygens (including phenoxy) is 1. The van der Waals surface area contributed by atoms with E-state index < -0.39 is 0 Å². The lowest BCUT2D eigenvalue weighted by Gasteiger charge is -2.07. The lowest BCUT2D eigenvalue weighted by atomic mass is 10.2. The van der Waals surface area contributed by atoms with Gasteiger partial charge in [-0.2, -0.15) is 0 Å². The van der Waals surface area contributed by atoms with E-state index in [1.165, 1.54) is 6.20 Å². The summed E-state index contributed by atoms with van der Waals surface area (Å²) >= 11 is 15.2. The summed E-state index contributed by atoms with van der Waals surface area (Å²) in [6.07, 6.45) is 1.49. The third-order valence-electron chi connectivity index (χ3n) is 2.12. The second-order valence-electron chi connectivity index (χ2n) is 3.45. The number of hydrogen-bond donors (Lipinski definition) is 0. The zero-order valence-electron chi connectivity index (χ0n) is 8.88. The van der Waals surface area contributed by atoms with Crippen molar-refractivity contribution in [1.82, 2.24) is 4.98 Å². The first kappa shape index (κ1) is 12.7.